The van der Waals surface area contributed by atoms with Crippen LogP contribution in [0, 0.1) is 0 Å². The third kappa shape index (κ3) is 4.20. The van der Waals surface area contributed by atoms with E-state index in [-0.39, 0.29) is 12.5 Å². The van der Waals surface area contributed by atoms with Gasteiger partial charge in [-0.1, -0.05) is 0 Å². The molecular formula is C14H19BrN6O. The molecule has 0 atom stereocenters. The first-order valence-electron chi connectivity index (χ1n) is 6.77. The monoisotopic (exact) mass is 366 g/mol. The fourth-order valence-corrected chi connectivity index (χ4v) is 2.17. The predicted molar refractivity (Wildman–Crippen MR) is 89.8 cm³/mol. The van der Waals surface area contributed by atoms with Crippen molar-refractivity contribution in [2.24, 2.45) is 4.99 Å². The molecule has 1 amide bonds. The van der Waals surface area contributed by atoms with Gasteiger partial charge in [0.1, 0.15) is 5.65 Å². The average molecular weight is 367 g/mol. The molecule has 0 spiro atoms. The fraction of sp³-hybridized carbons (Fsp3) is 0.357. The van der Waals surface area contributed by atoms with E-state index < -0.39 is 0 Å². The molecule has 0 saturated carbocycles. The molecule has 0 aromatic carbocycles. The number of guanidine groups is 1. The number of carbonyl (C=O) groups is 1. The second-order valence-electron chi connectivity index (χ2n) is 4.91. The lowest BCUT2D eigenvalue weighted by atomic mass is 10.4. The van der Waals surface area contributed by atoms with Crippen molar-refractivity contribution in [3.05, 3.63) is 34.7 Å². The summed E-state index contributed by atoms with van der Waals surface area (Å²) in [6, 6.07) is 3.89. The van der Waals surface area contributed by atoms with E-state index in [2.05, 4.69) is 36.5 Å². The zero-order chi connectivity index (χ0) is 16.1. The van der Waals surface area contributed by atoms with Crippen LogP contribution in [0.1, 0.15) is 5.69 Å². The second-order valence-corrected chi connectivity index (χ2v) is 5.83. The number of aliphatic imine (C=N–C) groups is 1. The normalized spacial score (nSPS) is 11.5. The smallest absolute Gasteiger partial charge is 0.241 e. The van der Waals surface area contributed by atoms with E-state index in [1.165, 1.54) is 4.90 Å². The Kier molecular flexibility index (Phi) is 5.37. The number of rotatable bonds is 4. The number of pyridine rings is 1. The average Bonchev–Trinajstić information content (AvgIpc) is 2.88. The summed E-state index contributed by atoms with van der Waals surface area (Å²) in [5.41, 5.74) is 1.77. The fourth-order valence-electron chi connectivity index (χ4n) is 1.81. The molecule has 0 fully saturated rings. The number of aromatic nitrogens is 2. The van der Waals surface area contributed by atoms with Gasteiger partial charge >= 0.3 is 0 Å². The number of hydrogen-bond acceptors (Lipinski definition) is 3. The van der Waals surface area contributed by atoms with E-state index in [0.29, 0.717) is 12.5 Å². The third-order valence-electron chi connectivity index (χ3n) is 3.03. The maximum atomic E-state index is 11.5. The van der Waals surface area contributed by atoms with Crippen molar-refractivity contribution in [2.45, 2.75) is 6.54 Å². The van der Waals surface area contributed by atoms with Gasteiger partial charge in [0, 0.05) is 38.0 Å². The standard InChI is InChI=1S/C14H19BrN6O/c1-16-14(18-7-13(22)20(2)3)17-6-11-9-21-8-10(15)4-5-12(21)19-11/h4-5,8-9H,6-7H2,1-3H3,(H2,16,17,18). The molecule has 118 valence electrons. The molecule has 8 heteroatoms. The second kappa shape index (κ2) is 7.26. The summed E-state index contributed by atoms with van der Waals surface area (Å²) in [5, 5.41) is 6.11. The van der Waals surface area contributed by atoms with Gasteiger partial charge in [-0.15, -0.1) is 0 Å². The van der Waals surface area contributed by atoms with Gasteiger partial charge in [0.15, 0.2) is 5.96 Å². The number of halogens is 1. The minimum atomic E-state index is -0.0134. The Labute approximate surface area is 137 Å². The summed E-state index contributed by atoms with van der Waals surface area (Å²) < 4.78 is 2.95. The molecule has 2 aromatic rings. The van der Waals surface area contributed by atoms with Crippen molar-refractivity contribution >= 4 is 33.4 Å². The highest BCUT2D eigenvalue weighted by molar-refractivity contribution is 9.10. The number of amides is 1. The topological polar surface area (TPSA) is 74.0 Å². The summed E-state index contributed by atoms with van der Waals surface area (Å²) in [7, 11) is 5.10. The van der Waals surface area contributed by atoms with Gasteiger partial charge in [0.2, 0.25) is 5.91 Å². The first-order chi connectivity index (χ1) is 10.5. The van der Waals surface area contributed by atoms with Gasteiger partial charge in [0.05, 0.1) is 18.8 Å². The quantitative estimate of drug-likeness (QED) is 0.621. The number of nitrogens with one attached hydrogen (secondary N) is 2. The molecule has 7 nitrogen and oxygen atoms in total. The number of fused-ring (bicyclic) bond motifs is 1. The predicted octanol–water partition coefficient (Wildman–Crippen LogP) is 0.850. The summed E-state index contributed by atoms with van der Waals surface area (Å²) in [4.78, 5) is 21.7. The Morgan fingerprint density at radius 1 is 1.36 bits per heavy atom. The zero-order valence-corrected chi connectivity index (χ0v) is 14.4. The van der Waals surface area contributed by atoms with Crippen LogP contribution in [-0.2, 0) is 11.3 Å². The SMILES string of the molecule is CN=C(NCC(=O)N(C)C)NCc1cn2cc(Br)ccc2n1. The van der Waals surface area contributed by atoms with Gasteiger partial charge in [-0.2, -0.15) is 0 Å². The lowest BCUT2D eigenvalue weighted by molar-refractivity contribution is -0.127. The Hall–Kier alpha value is -2.09. The Bertz CT molecular complexity index is 694. The van der Waals surface area contributed by atoms with Crippen LogP contribution in [0.4, 0.5) is 0 Å². The van der Waals surface area contributed by atoms with Crippen molar-refractivity contribution in [1.82, 2.24) is 24.9 Å². The van der Waals surface area contributed by atoms with Gasteiger partial charge in [-0.05, 0) is 28.1 Å². The summed E-state index contributed by atoms with van der Waals surface area (Å²) in [6.45, 7) is 0.722. The highest BCUT2D eigenvalue weighted by Gasteiger charge is 2.06. The summed E-state index contributed by atoms with van der Waals surface area (Å²) in [5.74, 6) is 0.550. The van der Waals surface area contributed by atoms with Crippen LogP contribution in [0.15, 0.2) is 34.0 Å². The minimum Gasteiger partial charge on any atom is -0.351 e. The molecule has 0 aliphatic rings. The number of nitrogens with zero attached hydrogens (tertiary/aromatic N) is 4. The Morgan fingerprint density at radius 3 is 2.82 bits per heavy atom. The van der Waals surface area contributed by atoms with Crippen molar-refractivity contribution < 1.29 is 4.79 Å². The molecule has 2 aromatic heterocycles. The first-order valence-corrected chi connectivity index (χ1v) is 7.56. The first kappa shape index (κ1) is 16.3. The Balaban J connectivity index is 1.93. The van der Waals surface area contributed by atoms with Crippen LogP contribution in [0.25, 0.3) is 5.65 Å². The molecule has 0 unspecified atom stereocenters. The summed E-state index contributed by atoms with van der Waals surface area (Å²) in [6.07, 6.45) is 3.90. The molecule has 0 aliphatic heterocycles. The van der Waals surface area contributed by atoms with Crippen LogP contribution >= 0.6 is 15.9 Å². The van der Waals surface area contributed by atoms with Crippen molar-refractivity contribution in [3.63, 3.8) is 0 Å². The van der Waals surface area contributed by atoms with Gasteiger partial charge in [0.25, 0.3) is 0 Å². The Morgan fingerprint density at radius 2 is 2.14 bits per heavy atom. The van der Waals surface area contributed by atoms with Crippen LogP contribution in [-0.4, -0.2) is 53.8 Å². The van der Waals surface area contributed by atoms with Crippen molar-refractivity contribution in [2.75, 3.05) is 27.7 Å². The van der Waals surface area contributed by atoms with E-state index in [4.69, 9.17) is 0 Å². The lowest BCUT2D eigenvalue weighted by Gasteiger charge is -2.13. The van der Waals surface area contributed by atoms with Crippen molar-refractivity contribution in [1.29, 1.82) is 0 Å². The molecule has 0 bridgehead atoms. The van der Waals surface area contributed by atoms with Crippen LogP contribution in [0.5, 0.6) is 0 Å². The van der Waals surface area contributed by atoms with Gasteiger partial charge < -0.3 is 19.9 Å². The molecule has 0 radical (unpaired) electrons. The molecule has 2 heterocycles. The van der Waals surface area contributed by atoms with Crippen LogP contribution in [0.3, 0.4) is 0 Å². The van der Waals surface area contributed by atoms with Crippen LogP contribution < -0.4 is 10.6 Å². The van der Waals surface area contributed by atoms with Gasteiger partial charge in [-0.25, -0.2) is 4.98 Å². The zero-order valence-electron chi connectivity index (χ0n) is 12.8. The third-order valence-corrected chi connectivity index (χ3v) is 3.50. The maximum Gasteiger partial charge on any atom is 0.241 e. The maximum absolute atomic E-state index is 11.5. The number of imidazole rings is 1. The molecule has 0 saturated heterocycles. The van der Waals surface area contributed by atoms with E-state index in [1.54, 1.807) is 21.1 Å². The van der Waals surface area contributed by atoms with Crippen molar-refractivity contribution in [3.8, 4) is 0 Å². The molecule has 22 heavy (non-hydrogen) atoms. The molecule has 2 N–H and O–H groups in total. The van der Waals surface area contributed by atoms with Gasteiger partial charge in [-0.3, -0.25) is 9.79 Å². The van der Waals surface area contributed by atoms with E-state index in [0.717, 1.165) is 15.8 Å². The molecule has 2 rings (SSSR count). The highest BCUT2D eigenvalue weighted by Crippen LogP contribution is 2.12. The number of carbonyl (C=O) groups excluding carboxylic acids is 1. The number of hydrogen-bond donors (Lipinski definition) is 2. The molecule has 0 aliphatic carbocycles. The van der Waals surface area contributed by atoms with E-state index in [9.17, 15) is 4.79 Å². The van der Waals surface area contributed by atoms with Crippen LogP contribution in [0.2, 0.25) is 0 Å². The highest BCUT2D eigenvalue weighted by atomic mass is 79.9. The van der Waals surface area contributed by atoms with E-state index in [1.807, 2.05) is 28.9 Å². The largest absolute Gasteiger partial charge is 0.351 e. The minimum absolute atomic E-state index is 0.0134. The summed E-state index contributed by atoms with van der Waals surface area (Å²) >= 11 is 3.43. The lowest BCUT2D eigenvalue weighted by Crippen LogP contribution is -2.42. The number of likely N-dealkylation sites (N-methyl/N-ethyl adjacent to an activating group) is 1. The molecular weight excluding hydrogens is 348 g/mol. The van der Waals surface area contributed by atoms with E-state index >= 15 is 0 Å².